The largest absolute Gasteiger partial charge is 0.330 e. The van der Waals surface area contributed by atoms with E-state index in [0.717, 1.165) is 37.5 Å². The summed E-state index contributed by atoms with van der Waals surface area (Å²) in [6.07, 6.45) is 8.06. The van der Waals surface area contributed by atoms with Crippen LogP contribution in [0.1, 0.15) is 38.5 Å². The molecule has 1 aliphatic heterocycles. The molecule has 4 N–H and O–H groups in total. The highest BCUT2D eigenvalue weighted by Gasteiger charge is 2.34. The standard InChI is InChI=1S/C12H25N3/c13-7-3-9-15-11-5-1-4-10(11)12-6-2-8-14-12/h10-12,14-15H,1-9,13H2. The first kappa shape index (κ1) is 11.4. The van der Waals surface area contributed by atoms with E-state index in [9.17, 15) is 0 Å². The summed E-state index contributed by atoms with van der Waals surface area (Å²) in [6, 6.07) is 1.55. The zero-order chi connectivity index (χ0) is 10.5. The van der Waals surface area contributed by atoms with Crippen molar-refractivity contribution in [2.45, 2.75) is 50.6 Å². The summed E-state index contributed by atoms with van der Waals surface area (Å²) in [5.74, 6) is 0.880. The third-order valence-corrected chi connectivity index (χ3v) is 3.97. The molecule has 3 unspecified atom stereocenters. The first-order chi connectivity index (χ1) is 7.42. The van der Waals surface area contributed by atoms with E-state index in [4.69, 9.17) is 5.73 Å². The minimum atomic E-state index is 0.757. The average Bonchev–Trinajstić information content (AvgIpc) is 2.87. The molecule has 0 bridgehead atoms. The number of hydrogen-bond donors (Lipinski definition) is 3. The van der Waals surface area contributed by atoms with Gasteiger partial charge in [0.2, 0.25) is 0 Å². The molecule has 0 amide bonds. The molecule has 2 aliphatic rings. The molecule has 2 rings (SSSR count). The van der Waals surface area contributed by atoms with Crippen molar-refractivity contribution in [3.63, 3.8) is 0 Å². The highest BCUT2D eigenvalue weighted by Crippen LogP contribution is 2.31. The van der Waals surface area contributed by atoms with Crippen LogP contribution in [-0.4, -0.2) is 31.7 Å². The second-order valence-corrected chi connectivity index (χ2v) is 5.00. The maximum absolute atomic E-state index is 5.52. The number of nitrogens with two attached hydrogens (primary N) is 1. The fraction of sp³-hybridized carbons (Fsp3) is 1.00. The average molecular weight is 211 g/mol. The molecule has 1 saturated heterocycles. The summed E-state index contributed by atoms with van der Waals surface area (Å²) < 4.78 is 0. The molecule has 2 fully saturated rings. The maximum atomic E-state index is 5.52. The molecule has 1 aliphatic carbocycles. The molecule has 0 aromatic heterocycles. The number of rotatable bonds is 5. The number of nitrogens with one attached hydrogen (secondary N) is 2. The SMILES string of the molecule is NCCCNC1CCCC1C1CCCN1. The van der Waals surface area contributed by atoms with Crippen LogP contribution < -0.4 is 16.4 Å². The molecule has 0 radical (unpaired) electrons. The fourth-order valence-electron chi connectivity index (χ4n) is 3.19. The van der Waals surface area contributed by atoms with Gasteiger partial charge in [-0.3, -0.25) is 0 Å². The van der Waals surface area contributed by atoms with Gasteiger partial charge in [0.05, 0.1) is 0 Å². The van der Waals surface area contributed by atoms with E-state index in [2.05, 4.69) is 10.6 Å². The highest BCUT2D eigenvalue weighted by molar-refractivity contribution is 4.93. The van der Waals surface area contributed by atoms with Gasteiger partial charge in [0.25, 0.3) is 0 Å². The van der Waals surface area contributed by atoms with Gasteiger partial charge in [0.1, 0.15) is 0 Å². The quantitative estimate of drug-likeness (QED) is 0.591. The third kappa shape index (κ3) is 2.92. The lowest BCUT2D eigenvalue weighted by molar-refractivity contribution is 0.321. The second kappa shape index (κ2) is 5.83. The van der Waals surface area contributed by atoms with E-state index in [1.807, 2.05) is 0 Å². The first-order valence-electron chi connectivity index (χ1n) is 6.58. The summed E-state index contributed by atoms with van der Waals surface area (Å²) in [5, 5.41) is 7.34. The monoisotopic (exact) mass is 211 g/mol. The predicted molar refractivity (Wildman–Crippen MR) is 63.8 cm³/mol. The van der Waals surface area contributed by atoms with Crippen LogP contribution in [0.15, 0.2) is 0 Å². The molecule has 0 aromatic rings. The van der Waals surface area contributed by atoms with Gasteiger partial charge < -0.3 is 16.4 Å². The van der Waals surface area contributed by atoms with E-state index in [1.54, 1.807) is 0 Å². The van der Waals surface area contributed by atoms with Crippen molar-refractivity contribution in [3.8, 4) is 0 Å². The Morgan fingerprint density at radius 1 is 1.20 bits per heavy atom. The minimum absolute atomic E-state index is 0.757. The summed E-state index contributed by atoms with van der Waals surface area (Å²) in [4.78, 5) is 0. The topological polar surface area (TPSA) is 50.1 Å². The van der Waals surface area contributed by atoms with E-state index in [1.165, 1.54) is 38.6 Å². The molecule has 15 heavy (non-hydrogen) atoms. The third-order valence-electron chi connectivity index (χ3n) is 3.97. The van der Waals surface area contributed by atoms with Gasteiger partial charge in [0, 0.05) is 12.1 Å². The molecule has 1 saturated carbocycles. The molecule has 0 spiro atoms. The normalized spacial score (nSPS) is 36.2. The zero-order valence-electron chi connectivity index (χ0n) is 9.67. The van der Waals surface area contributed by atoms with Crippen molar-refractivity contribution in [3.05, 3.63) is 0 Å². The van der Waals surface area contributed by atoms with Crippen LogP contribution in [0.4, 0.5) is 0 Å². The molecule has 88 valence electrons. The lowest BCUT2D eigenvalue weighted by Crippen LogP contribution is -2.42. The Hall–Kier alpha value is -0.120. The first-order valence-corrected chi connectivity index (χ1v) is 6.58. The van der Waals surface area contributed by atoms with E-state index < -0.39 is 0 Å². The summed E-state index contributed by atoms with van der Waals surface area (Å²) in [7, 11) is 0. The molecule has 3 heteroatoms. The minimum Gasteiger partial charge on any atom is -0.330 e. The fourth-order valence-corrected chi connectivity index (χ4v) is 3.19. The lowest BCUT2D eigenvalue weighted by Gasteiger charge is -2.26. The Labute approximate surface area is 93.2 Å². The van der Waals surface area contributed by atoms with Crippen LogP contribution in [0.25, 0.3) is 0 Å². The summed E-state index contributed by atoms with van der Waals surface area (Å²) >= 11 is 0. The van der Waals surface area contributed by atoms with E-state index in [0.29, 0.717) is 0 Å². The number of hydrogen-bond acceptors (Lipinski definition) is 3. The van der Waals surface area contributed by atoms with Gasteiger partial charge in [0.15, 0.2) is 0 Å². The Morgan fingerprint density at radius 2 is 2.13 bits per heavy atom. The lowest BCUT2D eigenvalue weighted by atomic mass is 9.93. The van der Waals surface area contributed by atoms with Crippen LogP contribution in [0, 0.1) is 5.92 Å². The highest BCUT2D eigenvalue weighted by atomic mass is 15.0. The van der Waals surface area contributed by atoms with Gasteiger partial charge in [-0.15, -0.1) is 0 Å². The van der Waals surface area contributed by atoms with Crippen molar-refractivity contribution in [1.29, 1.82) is 0 Å². The summed E-state index contributed by atoms with van der Waals surface area (Å²) in [6.45, 7) is 3.15. The zero-order valence-corrected chi connectivity index (χ0v) is 9.67. The Kier molecular flexibility index (Phi) is 4.42. The van der Waals surface area contributed by atoms with Crippen molar-refractivity contribution in [2.75, 3.05) is 19.6 Å². The van der Waals surface area contributed by atoms with Gasteiger partial charge in [-0.05, 0) is 57.7 Å². The molecule has 3 atom stereocenters. The van der Waals surface area contributed by atoms with Gasteiger partial charge in [-0.2, -0.15) is 0 Å². The van der Waals surface area contributed by atoms with Crippen LogP contribution in [-0.2, 0) is 0 Å². The molecule has 3 nitrogen and oxygen atoms in total. The summed E-state index contributed by atoms with van der Waals surface area (Å²) in [5.41, 5.74) is 5.52. The van der Waals surface area contributed by atoms with Gasteiger partial charge >= 0.3 is 0 Å². The van der Waals surface area contributed by atoms with E-state index in [-0.39, 0.29) is 0 Å². The van der Waals surface area contributed by atoms with Gasteiger partial charge in [-0.1, -0.05) is 6.42 Å². The molecular weight excluding hydrogens is 186 g/mol. The van der Waals surface area contributed by atoms with Crippen LogP contribution in [0.2, 0.25) is 0 Å². The smallest absolute Gasteiger partial charge is 0.0111 e. The predicted octanol–water partition coefficient (Wildman–Crippen LogP) is 0.845. The Bertz CT molecular complexity index is 178. The van der Waals surface area contributed by atoms with Crippen molar-refractivity contribution < 1.29 is 0 Å². The molecule has 1 heterocycles. The van der Waals surface area contributed by atoms with Crippen molar-refractivity contribution >= 4 is 0 Å². The van der Waals surface area contributed by atoms with E-state index >= 15 is 0 Å². The van der Waals surface area contributed by atoms with Gasteiger partial charge in [-0.25, -0.2) is 0 Å². The molecular formula is C12H25N3. The molecule has 0 aromatic carbocycles. The maximum Gasteiger partial charge on any atom is 0.0111 e. The van der Waals surface area contributed by atoms with Crippen LogP contribution >= 0.6 is 0 Å². The van der Waals surface area contributed by atoms with Crippen molar-refractivity contribution in [1.82, 2.24) is 10.6 Å². The van der Waals surface area contributed by atoms with Crippen molar-refractivity contribution in [2.24, 2.45) is 11.7 Å². The second-order valence-electron chi connectivity index (χ2n) is 5.00. The Morgan fingerprint density at radius 3 is 2.87 bits per heavy atom. The van der Waals surface area contributed by atoms with Crippen LogP contribution in [0.3, 0.4) is 0 Å². The van der Waals surface area contributed by atoms with Crippen LogP contribution in [0.5, 0.6) is 0 Å². The Balaban J connectivity index is 1.76.